The van der Waals surface area contributed by atoms with Crippen LogP contribution in [0.1, 0.15) is 48.9 Å². The van der Waals surface area contributed by atoms with E-state index in [0.717, 1.165) is 29.3 Å². The quantitative estimate of drug-likeness (QED) is 0.792. The van der Waals surface area contributed by atoms with Crippen LogP contribution in [0.2, 0.25) is 0 Å². The zero-order valence-electron chi connectivity index (χ0n) is 11.1. The summed E-state index contributed by atoms with van der Waals surface area (Å²) in [6, 6.07) is 8.20. The summed E-state index contributed by atoms with van der Waals surface area (Å²) in [6.07, 6.45) is 9.19. The third-order valence-corrected chi connectivity index (χ3v) is 4.02. The number of carbonyl (C=O) groups excluding carboxylic acids is 1. The second-order valence-corrected chi connectivity index (χ2v) is 5.41. The molecule has 2 aromatic rings. The molecule has 0 atom stereocenters. The van der Waals surface area contributed by atoms with Crippen LogP contribution in [-0.4, -0.2) is 16.9 Å². The number of amides is 1. The van der Waals surface area contributed by atoms with E-state index in [1.807, 2.05) is 30.5 Å². The van der Waals surface area contributed by atoms with Crippen LogP contribution < -0.4 is 5.32 Å². The highest BCUT2D eigenvalue weighted by atomic mass is 16.1. The highest BCUT2D eigenvalue weighted by Crippen LogP contribution is 2.20. The summed E-state index contributed by atoms with van der Waals surface area (Å²) in [6.45, 7) is 0. The summed E-state index contributed by atoms with van der Waals surface area (Å²) < 4.78 is 0. The maximum absolute atomic E-state index is 12.4. The number of hydrogen-bond acceptors (Lipinski definition) is 1. The average molecular weight is 256 g/mol. The minimum Gasteiger partial charge on any atom is -0.361 e. The standard InChI is InChI=1S/C16H20N2O/c19-16(18-13-7-3-1-2-4-8-13)14-9-5-6-12-10-11-17-15(12)14/h5-6,9-11,13,17H,1-4,7-8H2,(H,18,19). The highest BCUT2D eigenvalue weighted by molar-refractivity contribution is 6.05. The Morgan fingerprint density at radius 3 is 2.68 bits per heavy atom. The van der Waals surface area contributed by atoms with E-state index in [-0.39, 0.29) is 5.91 Å². The predicted octanol–water partition coefficient (Wildman–Crippen LogP) is 3.62. The highest BCUT2D eigenvalue weighted by Gasteiger charge is 2.17. The minimum atomic E-state index is 0.0555. The molecule has 0 spiro atoms. The number of aromatic nitrogens is 1. The molecule has 1 amide bonds. The number of nitrogens with one attached hydrogen (secondary N) is 2. The molecule has 3 heteroatoms. The second-order valence-electron chi connectivity index (χ2n) is 5.41. The van der Waals surface area contributed by atoms with E-state index in [2.05, 4.69) is 10.3 Å². The van der Waals surface area contributed by atoms with Crippen LogP contribution in [0.15, 0.2) is 30.5 Å². The van der Waals surface area contributed by atoms with Gasteiger partial charge < -0.3 is 10.3 Å². The molecule has 0 unspecified atom stereocenters. The Hall–Kier alpha value is -1.77. The first kappa shape index (κ1) is 12.3. The monoisotopic (exact) mass is 256 g/mol. The van der Waals surface area contributed by atoms with E-state index in [9.17, 15) is 4.79 Å². The van der Waals surface area contributed by atoms with Crippen molar-refractivity contribution in [3.05, 3.63) is 36.0 Å². The molecule has 3 rings (SSSR count). The topological polar surface area (TPSA) is 44.9 Å². The Bertz CT molecular complexity index is 565. The molecule has 1 aliphatic rings. The van der Waals surface area contributed by atoms with Crippen LogP contribution in [0.5, 0.6) is 0 Å². The largest absolute Gasteiger partial charge is 0.361 e. The Balaban J connectivity index is 1.77. The molecule has 0 aliphatic heterocycles. The average Bonchev–Trinajstić information content (AvgIpc) is 2.76. The molecule has 1 aromatic heterocycles. The molecular formula is C16H20N2O. The molecule has 0 saturated heterocycles. The van der Waals surface area contributed by atoms with Gasteiger partial charge in [0.2, 0.25) is 0 Å². The number of aromatic amines is 1. The summed E-state index contributed by atoms with van der Waals surface area (Å²) in [5, 5.41) is 4.29. The summed E-state index contributed by atoms with van der Waals surface area (Å²) in [5.41, 5.74) is 1.69. The van der Waals surface area contributed by atoms with Gasteiger partial charge in [-0.3, -0.25) is 4.79 Å². The molecule has 1 heterocycles. The molecule has 19 heavy (non-hydrogen) atoms. The van der Waals surface area contributed by atoms with Gasteiger partial charge in [-0.2, -0.15) is 0 Å². The van der Waals surface area contributed by atoms with Crippen molar-refractivity contribution in [2.45, 2.75) is 44.6 Å². The number of para-hydroxylation sites is 1. The van der Waals surface area contributed by atoms with Crippen molar-refractivity contribution in [2.24, 2.45) is 0 Å². The lowest BCUT2D eigenvalue weighted by Crippen LogP contribution is -2.34. The number of rotatable bonds is 2. The number of H-pyrrole nitrogens is 1. The van der Waals surface area contributed by atoms with Crippen molar-refractivity contribution in [1.82, 2.24) is 10.3 Å². The molecule has 1 aliphatic carbocycles. The fourth-order valence-electron chi connectivity index (χ4n) is 2.96. The Kier molecular flexibility index (Phi) is 3.53. The lowest BCUT2D eigenvalue weighted by Gasteiger charge is -2.16. The van der Waals surface area contributed by atoms with Crippen molar-refractivity contribution in [3.8, 4) is 0 Å². The molecule has 1 fully saturated rings. The van der Waals surface area contributed by atoms with Crippen LogP contribution in [0.4, 0.5) is 0 Å². The second kappa shape index (κ2) is 5.47. The summed E-state index contributed by atoms with van der Waals surface area (Å²) in [4.78, 5) is 15.6. The maximum Gasteiger partial charge on any atom is 0.253 e. The molecule has 3 nitrogen and oxygen atoms in total. The lowest BCUT2D eigenvalue weighted by molar-refractivity contribution is 0.0935. The van der Waals surface area contributed by atoms with Crippen LogP contribution in [0, 0.1) is 0 Å². The van der Waals surface area contributed by atoms with Crippen molar-refractivity contribution >= 4 is 16.8 Å². The van der Waals surface area contributed by atoms with Crippen molar-refractivity contribution in [2.75, 3.05) is 0 Å². The van der Waals surface area contributed by atoms with Crippen LogP contribution >= 0.6 is 0 Å². The van der Waals surface area contributed by atoms with Crippen LogP contribution in [-0.2, 0) is 0 Å². The van der Waals surface area contributed by atoms with E-state index in [4.69, 9.17) is 0 Å². The Labute approximate surface area is 113 Å². The lowest BCUT2D eigenvalue weighted by atomic mass is 10.1. The number of benzene rings is 1. The first-order valence-corrected chi connectivity index (χ1v) is 7.21. The number of fused-ring (bicyclic) bond motifs is 1. The van der Waals surface area contributed by atoms with Gasteiger partial charge in [-0.15, -0.1) is 0 Å². The van der Waals surface area contributed by atoms with Crippen molar-refractivity contribution in [3.63, 3.8) is 0 Å². The van der Waals surface area contributed by atoms with Gasteiger partial charge in [0.1, 0.15) is 0 Å². The molecule has 2 N–H and O–H groups in total. The van der Waals surface area contributed by atoms with Gasteiger partial charge in [-0.05, 0) is 25.0 Å². The molecular weight excluding hydrogens is 236 g/mol. The summed E-state index contributed by atoms with van der Waals surface area (Å²) >= 11 is 0. The molecule has 1 saturated carbocycles. The van der Waals surface area contributed by atoms with Gasteiger partial charge in [0, 0.05) is 17.6 Å². The maximum atomic E-state index is 12.4. The first-order valence-electron chi connectivity index (χ1n) is 7.21. The molecule has 100 valence electrons. The zero-order chi connectivity index (χ0) is 13.1. The van der Waals surface area contributed by atoms with Gasteiger partial charge in [0.25, 0.3) is 5.91 Å². The molecule has 1 aromatic carbocycles. The SMILES string of the molecule is O=C(NC1CCCCCC1)c1cccc2cc[nH]c12. The summed E-state index contributed by atoms with van der Waals surface area (Å²) in [7, 11) is 0. The molecule has 0 bridgehead atoms. The van der Waals surface area contributed by atoms with E-state index in [1.54, 1.807) is 0 Å². The van der Waals surface area contributed by atoms with Crippen LogP contribution in [0.3, 0.4) is 0 Å². The van der Waals surface area contributed by atoms with Crippen molar-refractivity contribution in [1.29, 1.82) is 0 Å². The Morgan fingerprint density at radius 2 is 1.89 bits per heavy atom. The van der Waals surface area contributed by atoms with E-state index < -0.39 is 0 Å². The fourth-order valence-corrected chi connectivity index (χ4v) is 2.96. The van der Waals surface area contributed by atoms with Gasteiger partial charge >= 0.3 is 0 Å². The first-order chi connectivity index (χ1) is 9.34. The van der Waals surface area contributed by atoms with Crippen LogP contribution in [0.25, 0.3) is 10.9 Å². The normalized spacial score (nSPS) is 17.3. The number of carbonyl (C=O) groups is 1. The van der Waals surface area contributed by atoms with Gasteiger partial charge in [0.15, 0.2) is 0 Å². The van der Waals surface area contributed by atoms with Gasteiger partial charge in [-0.25, -0.2) is 0 Å². The zero-order valence-corrected chi connectivity index (χ0v) is 11.1. The predicted molar refractivity (Wildman–Crippen MR) is 77.3 cm³/mol. The van der Waals surface area contributed by atoms with E-state index in [0.29, 0.717) is 6.04 Å². The van der Waals surface area contributed by atoms with Crippen molar-refractivity contribution < 1.29 is 4.79 Å². The van der Waals surface area contributed by atoms with E-state index in [1.165, 1.54) is 25.7 Å². The molecule has 0 radical (unpaired) electrons. The van der Waals surface area contributed by atoms with E-state index >= 15 is 0 Å². The fraction of sp³-hybridized carbons (Fsp3) is 0.438. The van der Waals surface area contributed by atoms with Gasteiger partial charge in [0.05, 0.1) is 11.1 Å². The third kappa shape index (κ3) is 2.65. The minimum absolute atomic E-state index is 0.0555. The smallest absolute Gasteiger partial charge is 0.253 e. The Morgan fingerprint density at radius 1 is 1.11 bits per heavy atom. The summed E-state index contributed by atoms with van der Waals surface area (Å²) in [5.74, 6) is 0.0555. The van der Waals surface area contributed by atoms with Gasteiger partial charge in [-0.1, -0.05) is 37.8 Å². The third-order valence-electron chi connectivity index (χ3n) is 4.02. The number of hydrogen-bond donors (Lipinski definition) is 2.